The minimum absolute atomic E-state index is 0.220. The second kappa shape index (κ2) is 8.25. The molecule has 0 aliphatic carbocycles. The molecule has 8 heteroatoms. The van der Waals surface area contributed by atoms with Gasteiger partial charge in [-0.15, -0.1) is 0 Å². The molecule has 1 atom stereocenters. The molecule has 3 N–H and O–H groups in total. The van der Waals surface area contributed by atoms with Gasteiger partial charge >= 0.3 is 18.0 Å². The number of aliphatic carboxylic acids is 1. The molecule has 0 aliphatic rings. The van der Waals surface area contributed by atoms with Crippen molar-refractivity contribution in [3.8, 4) is 0 Å². The number of halogens is 1. The molecule has 0 fully saturated rings. The monoisotopic (exact) mass is 358 g/mol. The van der Waals surface area contributed by atoms with E-state index >= 15 is 0 Å². The van der Waals surface area contributed by atoms with Crippen LogP contribution < -0.4 is 10.6 Å². The van der Waals surface area contributed by atoms with Crippen LogP contribution in [0.1, 0.15) is 12.0 Å². The molecule has 0 unspecified atom stereocenters. The number of amides is 2. The Morgan fingerprint density at radius 1 is 1.33 bits per heavy atom. The lowest BCUT2D eigenvalue weighted by Gasteiger charge is -2.14. The van der Waals surface area contributed by atoms with Crippen LogP contribution in [0, 0.1) is 0 Å². The number of nitrogens with one attached hydrogen (secondary N) is 2. The summed E-state index contributed by atoms with van der Waals surface area (Å²) in [6.07, 6.45) is -0.436. The van der Waals surface area contributed by atoms with Gasteiger partial charge in [-0.1, -0.05) is 34.1 Å². The van der Waals surface area contributed by atoms with E-state index in [-0.39, 0.29) is 6.54 Å². The summed E-state index contributed by atoms with van der Waals surface area (Å²) in [6.45, 7) is 0.220. The van der Waals surface area contributed by atoms with Gasteiger partial charge in [-0.2, -0.15) is 0 Å². The number of carbonyl (C=O) groups is 3. The van der Waals surface area contributed by atoms with Gasteiger partial charge in [0.1, 0.15) is 6.04 Å². The number of ether oxygens (including phenoxy) is 1. The first-order valence-corrected chi connectivity index (χ1v) is 6.80. The van der Waals surface area contributed by atoms with Gasteiger partial charge in [-0.05, 0) is 11.6 Å². The van der Waals surface area contributed by atoms with Crippen molar-refractivity contribution in [2.75, 3.05) is 7.11 Å². The minimum Gasteiger partial charge on any atom is -0.480 e. The Bertz CT molecular complexity index is 535. The quantitative estimate of drug-likeness (QED) is 0.664. The lowest BCUT2D eigenvalue weighted by atomic mass is 10.2. The number of carbonyl (C=O) groups excluding carboxylic acids is 2. The van der Waals surface area contributed by atoms with E-state index in [1.165, 1.54) is 0 Å². The molecule has 1 aromatic rings. The first kappa shape index (κ1) is 17.0. The Kier molecular flexibility index (Phi) is 6.67. The number of rotatable bonds is 6. The van der Waals surface area contributed by atoms with E-state index in [1.807, 2.05) is 24.3 Å². The second-order valence-electron chi connectivity index (χ2n) is 4.09. The zero-order valence-corrected chi connectivity index (χ0v) is 12.8. The highest BCUT2D eigenvalue weighted by Crippen LogP contribution is 2.15. The van der Waals surface area contributed by atoms with E-state index in [9.17, 15) is 14.4 Å². The van der Waals surface area contributed by atoms with E-state index in [1.54, 1.807) is 0 Å². The molecule has 2 amide bonds. The molecule has 0 aromatic heterocycles. The van der Waals surface area contributed by atoms with Gasteiger partial charge in [0.15, 0.2) is 0 Å². The van der Waals surface area contributed by atoms with Crippen molar-refractivity contribution in [2.24, 2.45) is 0 Å². The lowest BCUT2D eigenvalue weighted by Crippen LogP contribution is -2.46. The molecule has 1 rings (SSSR count). The Labute approximate surface area is 129 Å². The van der Waals surface area contributed by atoms with Crippen LogP contribution in [-0.2, 0) is 20.9 Å². The molecule has 0 heterocycles. The van der Waals surface area contributed by atoms with Gasteiger partial charge in [0.25, 0.3) is 0 Å². The summed E-state index contributed by atoms with van der Waals surface area (Å²) in [5, 5.41) is 13.7. The fraction of sp³-hybridized carbons (Fsp3) is 0.308. The Morgan fingerprint density at radius 3 is 2.57 bits per heavy atom. The number of hydrogen-bond donors (Lipinski definition) is 3. The Balaban J connectivity index is 2.53. The fourth-order valence-corrected chi connectivity index (χ4v) is 1.90. The standard InChI is InChI=1S/C13H15BrN2O5/c1-21-11(17)6-10(12(18)19)16-13(20)15-7-8-4-2-3-5-9(8)14/h2-5,10H,6-7H2,1H3,(H,18,19)(H2,15,16,20)/t10-/m0/s1. The second-order valence-corrected chi connectivity index (χ2v) is 4.94. The summed E-state index contributed by atoms with van der Waals surface area (Å²) in [5.41, 5.74) is 0.840. The molecule has 1 aromatic carbocycles. The van der Waals surface area contributed by atoms with Crippen LogP contribution in [0.4, 0.5) is 4.79 Å². The van der Waals surface area contributed by atoms with Crippen molar-refractivity contribution in [1.82, 2.24) is 10.6 Å². The number of hydrogen-bond acceptors (Lipinski definition) is 4. The van der Waals surface area contributed by atoms with Crippen LogP contribution in [0.25, 0.3) is 0 Å². The van der Waals surface area contributed by atoms with Crippen molar-refractivity contribution >= 4 is 33.9 Å². The predicted molar refractivity (Wildman–Crippen MR) is 77.6 cm³/mol. The average molecular weight is 359 g/mol. The predicted octanol–water partition coefficient (Wildman–Crippen LogP) is 1.26. The molecular weight excluding hydrogens is 344 g/mol. The van der Waals surface area contributed by atoms with E-state index in [4.69, 9.17) is 5.11 Å². The maximum atomic E-state index is 11.7. The van der Waals surface area contributed by atoms with E-state index in [0.717, 1.165) is 17.1 Å². The first-order valence-electron chi connectivity index (χ1n) is 6.01. The van der Waals surface area contributed by atoms with Crippen LogP contribution in [0.2, 0.25) is 0 Å². The SMILES string of the molecule is COC(=O)C[C@H](NC(=O)NCc1ccccc1Br)C(=O)O. The summed E-state index contributed by atoms with van der Waals surface area (Å²) in [6, 6.07) is 5.28. The highest BCUT2D eigenvalue weighted by molar-refractivity contribution is 9.10. The van der Waals surface area contributed by atoms with Crippen LogP contribution in [0.15, 0.2) is 28.7 Å². The third-order valence-corrected chi connectivity index (χ3v) is 3.37. The zero-order valence-electron chi connectivity index (χ0n) is 11.3. The van der Waals surface area contributed by atoms with Crippen molar-refractivity contribution in [3.63, 3.8) is 0 Å². The van der Waals surface area contributed by atoms with Gasteiger partial charge in [0, 0.05) is 11.0 Å². The molecule has 0 saturated carbocycles. The van der Waals surface area contributed by atoms with Crippen LogP contribution >= 0.6 is 15.9 Å². The number of carboxylic acid groups (broad SMARTS) is 1. The summed E-state index contributed by atoms with van der Waals surface area (Å²) in [7, 11) is 1.15. The van der Waals surface area contributed by atoms with Gasteiger partial charge < -0.3 is 20.5 Å². The maximum absolute atomic E-state index is 11.7. The number of esters is 1. The summed E-state index contributed by atoms with van der Waals surface area (Å²) >= 11 is 3.34. The molecule has 0 aliphatic heterocycles. The van der Waals surface area contributed by atoms with Crippen molar-refractivity contribution < 1.29 is 24.2 Å². The van der Waals surface area contributed by atoms with E-state index < -0.39 is 30.4 Å². The number of benzene rings is 1. The molecule has 7 nitrogen and oxygen atoms in total. The summed E-state index contributed by atoms with van der Waals surface area (Å²) < 4.78 is 5.21. The highest BCUT2D eigenvalue weighted by Gasteiger charge is 2.23. The molecule has 21 heavy (non-hydrogen) atoms. The largest absolute Gasteiger partial charge is 0.480 e. The van der Waals surface area contributed by atoms with Crippen molar-refractivity contribution in [3.05, 3.63) is 34.3 Å². The maximum Gasteiger partial charge on any atom is 0.326 e. The van der Waals surface area contributed by atoms with Gasteiger partial charge in [0.05, 0.1) is 13.5 Å². The van der Waals surface area contributed by atoms with Crippen LogP contribution in [0.3, 0.4) is 0 Å². The van der Waals surface area contributed by atoms with Crippen molar-refractivity contribution in [2.45, 2.75) is 19.0 Å². The van der Waals surface area contributed by atoms with E-state index in [2.05, 4.69) is 31.3 Å². The van der Waals surface area contributed by atoms with Gasteiger partial charge in [0.2, 0.25) is 0 Å². The Hall–Kier alpha value is -2.09. The first-order chi connectivity index (χ1) is 9.93. The fourth-order valence-electron chi connectivity index (χ4n) is 1.48. The number of urea groups is 1. The van der Waals surface area contributed by atoms with E-state index in [0.29, 0.717) is 0 Å². The number of carboxylic acids is 1. The Morgan fingerprint density at radius 2 is 2.00 bits per heavy atom. The number of methoxy groups -OCH3 is 1. The third kappa shape index (κ3) is 5.82. The normalized spacial score (nSPS) is 11.3. The molecule has 0 bridgehead atoms. The molecule has 114 valence electrons. The van der Waals surface area contributed by atoms with Gasteiger partial charge in [-0.25, -0.2) is 9.59 Å². The third-order valence-electron chi connectivity index (χ3n) is 2.60. The average Bonchev–Trinajstić information content (AvgIpc) is 2.45. The molecule has 0 saturated heterocycles. The van der Waals surface area contributed by atoms with Crippen molar-refractivity contribution in [1.29, 1.82) is 0 Å². The zero-order chi connectivity index (χ0) is 15.8. The minimum atomic E-state index is -1.34. The van der Waals surface area contributed by atoms with Gasteiger partial charge in [-0.3, -0.25) is 4.79 Å². The highest BCUT2D eigenvalue weighted by atomic mass is 79.9. The summed E-state index contributed by atoms with van der Waals surface area (Å²) in [5.74, 6) is -2.02. The summed E-state index contributed by atoms with van der Waals surface area (Å²) in [4.78, 5) is 33.7. The lowest BCUT2D eigenvalue weighted by molar-refractivity contribution is -0.147. The molecule has 0 spiro atoms. The van der Waals surface area contributed by atoms with Crippen LogP contribution in [0.5, 0.6) is 0 Å². The molecular formula is C13H15BrN2O5. The topological polar surface area (TPSA) is 105 Å². The smallest absolute Gasteiger partial charge is 0.326 e. The molecule has 0 radical (unpaired) electrons. The van der Waals surface area contributed by atoms with Crippen LogP contribution in [-0.4, -0.2) is 36.2 Å².